The molecule has 0 unspecified atom stereocenters. The third kappa shape index (κ3) is 1.95. The zero-order valence-corrected chi connectivity index (χ0v) is 11.2. The second-order valence-electron chi connectivity index (χ2n) is 5.57. The number of phenols is 1. The summed E-state index contributed by atoms with van der Waals surface area (Å²) < 4.78 is 2.04. The fourth-order valence-electron chi connectivity index (χ4n) is 2.70. The van der Waals surface area contributed by atoms with Crippen molar-refractivity contribution in [3.8, 4) is 16.9 Å². The van der Waals surface area contributed by atoms with E-state index in [1.165, 1.54) is 12.8 Å². The molecule has 3 nitrogen and oxygen atoms in total. The summed E-state index contributed by atoms with van der Waals surface area (Å²) in [4.78, 5) is 0. The van der Waals surface area contributed by atoms with E-state index in [0.717, 1.165) is 34.4 Å². The van der Waals surface area contributed by atoms with Crippen molar-refractivity contribution in [2.75, 3.05) is 0 Å². The first-order chi connectivity index (χ1) is 9.81. The Morgan fingerprint density at radius 2 is 1.90 bits per heavy atom. The van der Waals surface area contributed by atoms with Crippen molar-refractivity contribution in [2.45, 2.75) is 19.4 Å². The Hall–Kier alpha value is -2.29. The van der Waals surface area contributed by atoms with E-state index in [4.69, 9.17) is 0 Å². The molecule has 3 aromatic rings. The van der Waals surface area contributed by atoms with Crippen molar-refractivity contribution in [1.29, 1.82) is 0 Å². The van der Waals surface area contributed by atoms with Gasteiger partial charge in [0.1, 0.15) is 5.75 Å². The van der Waals surface area contributed by atoms with Crippen LogP contribution in [0.2, 0.25) is 0 Å². The van der Waals surface area contributed by atoms with E-state index in [9.17, 15) is 5.11 Å². The number of aromatic nitrogens is 2. The normalized spacial score (nSPS) is 14.8. The number of rotatable bonds is 3. The van der Waals surface area contributed by atoms with Gasteiger partial charge in [-0.3, -0.25) is 4.68 Å². The Morgan fingerprint density at radius 1 is 1.10 bits per heavy atom. The highest BCUT2D eigenvalue weighted by molar-refractivity contribution is 5.99. The van der Waals surface area contributed by atoms with E-state index in [0.29, 0.717) is 5.75 Å². The van der Waals surface area contributed by atoms with Crippen LogP contribution in [0.4, 0.5) is 0 Å². The van der Waals surface area contributed by atoms with Crippen LogP contribution in [0.3, 0.4) is 0 Å². The number of hydrogen-bond acceptors (Lipinski definition) is 2. The molecule has 1 aromatic heterocycles. The van der Waals surface area contributed by atoms with E-state index in [2.05, 4.69) is 11.3 Å². The largest absolute Gasteiger partial charge is 0.507 e. The second-order valence-corrected chi connectivity index (χ2v) is 5.57. The molecule has 1 N–H and O–H groups in total. The summed E-state index contributed by atoms with van der Waals surface area (Å²) in [6, 6.07) is 11.7. The Balaban J connectivity index is 1.81. The van der Waals surface area contributed by atoms with E-state index >= 15 is 0 Å². The van der Waals surface area contributed by atoms with Gasteiger partial charge in [-0.15, -0.1) is 0 Å². The number of benzene rings is 2. The maximum absolute atomic E-state index is 9.95. The molecule has 1 aliphatic carbocycles. The van der Waals surface area contributed by atoms with E-state index in [-0.39, 0.29) is 0 Å². The van der Waals surface area contributed by atoms with Gasteiger partial charge in [0.05, 0.1) is 6.20 Å². The molecule has 2 aromatic carbocycles. The van der Waals surface area contributed by atoms with Gasteiger partial charge in [-0.05, 0) is 41.8 Å². The quantitative estimate of drug-likeness (QED) is 0.781. The molecule has 0 atom stereocenters. The number of aromatic hydroxyl groups is 1. The summed E-state index contributed by atoms with van der Waals surface area (Å²) in [7, 11) is 0. The van der Waals surface area contributed by atoms with Crippen LogP contribution < -0.4 is 0 Å². The first-order valence-corrected chi connectivity index (χ1v) is 7.05. The lowest BCUT2D eigenvalue weighted by atomic mass is 10.00. The van der Waals surface area contributed by atoms with Gasteiger partial charge < -0.3 is 5.11 Å². The summed E-state index contributed by atoms with van der Waals surface area (Å²) in [6.45, 7) is 1.02. The van der Waals surface area contributed by atoms with Gasteiger partial charge in [0.2, 0.25) is 0 Å². The molecule has 1 aliphatic rings. The van der Waals surface area contributed by atoms with Crippen molar-refractivity contribution in [2.24, 2.45) is 5.92 Å². The minimum atomic E-state index is 0.328. The van der Waals surface area contributed by atoms with Crippen molar-refractivity contribution >= 4 is 10.8 Å². The maximum atomic E-state index is 9.95. The molecular formula is C17H16N2O. The molecular weight excluding hydrogens is 248 g/mol. The van der Waals surface area contributed by atoms with E-state index in [1.54, 1.807) is 6.07 Å². The molecule has 100 valence electrons. The Kier molecular flexibility index (Phi) is 2.52. The van der Waals surface area contributed by atoms with Crippen molar-refractivity contribution in [1.82, 2.24) is 9.78 Å². The summed E-state index contributed by atoms with van der Waals surface area (Å²) >= 11 is 0. The van der Waals surface area contributed by atoms with Gasteiger partial charge in [-0.2, -0.15) is 5.10 Å². The molecule has 0 spiro atoms. The van der Waals surface area contributed by atoms with E-state index < -0.39 is 0 Å². The fourth-order valence-corrected chi connectivity index (χ4v) is 2.70. The topological polar surface area (TPSA) is 38.1 Å². The number of phenolic OH excluding ortho intramolecular Hbond substituents is 1. The fraction of sp³-hybridized carbons (Fsp3) is 0.235. The molecule has 0 saturated heterocycles. The molecule has 4 rings (SSSR count). The van der Waals surface area contributed by atoms with Gasteiger partial charge in [0.25, 0.3) is 0 Å². The molecule has 0 aliphatic heterocycles. The third-order valence-corrected chi connectivity index (χ3v) is 3.99. The standard InChI is InChI=1S/C17H16N2O/c20-17-8-7-14(15-3-1-2-4-16(15)17)13-9-18-19(11-13)10-12-5-6-12/h1-4,7-9,11-12,20H,5-6,10H2. The molecule has 0 radical (unpaired) electrons. The average Bonchev–Trinajstić information content (AvgIpc) is 3.16. The zero-order valence-electron chi connectivity index (χ0n) is 11.2. The van der Waals surface area contributed by atoms with Crippen LogP contribution >= 0.6 is 0 Å². The summed E-state index contributed by atoms with van der Waals surface area (Å²) in [5, 5.41) is 16.4. The monoisotopic (exact) mass is 264 g/mol. The van der Waals surface area contributed by atoms with Gasteiger partial charge in [-0.1, -0.05) is 24.3 Å². The van der Waals surface area contributed by atoms with Crippen LogP contribution in [-0.4, -0.2) is 14.9 Å². The van der Waals surface area contributed by atoms with E-state index in [1.807, 2.05) is 41.2 Å². The maximum Gasteiger partial charge on any atom is 0.123 e. The molecule has 1 heterocycles. The lowest BCUT2D eigenvalue weighted by Crippen LogP contribution is -1.98. The highest BCUT2D eigenvalue weighted by atomic mass is 16.3. The van der Waals surface area contributed by atoms with Crippen molar-refractivity contribution < 1.29 is 5.11 Å². The minimum absolute atomic E-state index is 0.328. The van der Waals surface area contributed by atoms with Gasteiger partial charge in [-0.25, -0.2) is 0 Å². The zero-order chi connectivity index (χ0) is 13.5. The summed E-state index contributed by atoms with van der Waals surface area (Å²) in [5.41, 5.74) is 2.24. The first kappa shape index (κ1) is 11.5. The third-order valence-electron chi connectivity index (χ3n) is 3.99. The molecule has 20 heavy (non-hydrogen) atoms. The van der Waals surface area contributed by atoms with Crippen LogP contribution in [0.25, 0.3) is 21.9 Å². The predicted molar refractivity (Wildman–Crippen MR) is 79.6 cm³/mol. The van der Waals surface area contributed by atoms with Crippen LogP contribution in [0.5, 0.6) is 5.75 Å². The van der Waals surface area contributed by atoms with Crippen LogP contribution in [-0.2, 0) is 6.54 Å². The summed E-state index contributed by atoms with van der Waals surface area (Å²) in [5.74, 6) is 1.15. The van der Waals surface area contributed by atoms with Gasteiger partial charge in [0, 0.05) is 23.7 Å². The molecule has 1 saturated carbocycles. The first-order valence-electron chi connectivity index (χ1n) is 7.05. The molecule has 0 bridgehead atoms. The molecule has 0 amide bonds. The highest BCUT2D eigenvalue weighted by Crippen LogP contribution is 2.34. The van der Waals surface area contributed by atoms with Crippen molar-refractivity contribution in [3.05, 3.63) is 48.8 Å². The predicted octanol–water partition coefficient (Wildman–Crippen LogP) is 3.82. The van der Waals surface area contributed by atoms with Crippen LogP contribution in [0.1, 0.15) is 12.8 Å². The average molecular weight is 264 g/mol. The van der Waals surface area contributed by atoms with Crippen molar-refractivity contribution in [3.63, 3.8) is 0 Å². The molecule has 1 fully saturated rings. The Morgan fingerprint density at radius 3 is 2.70 bits per heavy atom. The SMILES string of the molecule is Oc1ccc(-c2cnn(CC3CC3)c2)c2ccccc12. The number of hydrogen-bond donors (Lipinski definition) is 1. The number of fused-ring (bicyclic) bond motifs is 1. The van der Waals surface area contributed by atoms with Gasteiger partial charge >= 0.3 is 0 Å². The number of nitrogens with zero attached hydrogens (tertiary/aromatic N) is 2. The van der Waals surface area contributed by atoms with Crippen LogP contribution in [0.15, 0.2) is 48.8 Å². The smallest absolute Gasteiger partial charge is 0.123 e. The minimum Gasteiger partial charge on any atom is -0.507 e. The Bertz CT molecular complexity index is 772. The molecule has 3 heteroatoms. The highest BCUT2D eigenvalue weighted by Gasteiger charge is 2.22. The second kappa shape index (κ2) is 4.37. The Labute approximate surface area is 117 Å². The lowest BCUT2D eigenvalue weighted by molar-refractivity contribution is 0.481. The summed E-state index contributed by atoms with van der Waals surface area (Å²) in [6.07, 6.45) is 6.69. The van der Waals surface area contributed by atoms with Gasteiger partial charge in [0.15, 0.2) is 0 Å². The lowest BCUT2D eigenvalue weighted by Gasteiger charge is -2.06. The van der Waals surface area contributed by atoms with Crippen LogP contribution in [0, 0.1) is 5.92 Å².